The van der Waals surface area contributed by atoms with Gasteiger partial charge in [-0.3, -0.25) is 0 Å². The minimum Gasteiger partial charge on any atom is -0.465 e. The van der Waals surface area contributed by atoms with Gasteiger partial charge < -0.3 is 15.0 Å². The quantitative estimate of drug-likeness (QED) is 0.742. The summed E-state index contributed by atoms with van der Waals surface area (Å²) in [5.74, 6) is -0.299. The Morgan fingerprint density at radius 2 is 2.20 bits per heavy atom. The Balaban J connectivity index is 2.07. The monoisotopic (exact) mass is 270 g/mol. The molecule has 0 saturated heterocycles. The predicted molar refractivity (Wildman–Crippen MR) is 77.7 cm³/mol. The van der Waals surface area contributed by atoms with Crippen LogP contribution in [-0.4, -0.2) is 23.7 Å². The van der Waals surface area contributed by atoms with Crippen molar-refractivity contribution in [2.45, 2.75) is 25.9 Å². The molecule has 20 heavy (non-hydrogen) atoms. The van der Waals surface area contributed by atoms with Gasteiger partial charge in [0.2, 0.25) is 0 Å². The van der Waals surface area contributed by atoms with Crippen LogP contribution in [0, 0.1) is 0 Å². The van der Waals surface area contributed by atoms with Gasteiger partial charge in [-0.25, -0.2) is 4.79 Å². The first-order chi connectivity index (χ1) is 9.60. The van der Waals surface area contributed by atoms with Crippen molar-refractivity contribution in [3.05, 3.63) is 47.2 Å². The number of rotatable bonds is 3. The van der Waals surface area contributed by atoms with Crippen LogP contribution in [-0.2, 0) is 17.7 Å². The van der Waals surface area contributed by atoms with E-state index >= 15 is 0 Å². The van der Waals surface area contributed by atoms with Gasteiger partial charge in [-0.15, -0.1) is 0 Å². The molecule has 4 heteroatoms. The molecule has 0 aliphatic heterocycles. The fourth-order valence-electron chi connectivity index (χ4n) is 2.85. The number of fused-ring (bicyclic) bond motifs is 3. The lowest BCUT2D eigenvalue weighted by molar-refractivity contribution is 0.0601. The average Bonchev–Trinajstić information content (AvgIpc) is 2.96. The molecular weight excluding hydrogens is 252 g/mol. The first-order valence-electron chi connectivity index (χ1n) is 6.75. The summed E-state index contributed by atoms with van der Waals surface area (Å²) in [7, 11) is 1.40. The van der Waals surface area contributed by atoms with E-state index < -0.39 is 0 Å². The summed E-state index contributed by atoms with van der Waals surface area (Å²) in [6.45, 7) is 2.77. The van der Waals surface area contributed by atoms with Crippen LogP contribution in [0.5, 0.6) is 0 Å². The molecule has 0 saturated carbocycles. The zero-order valence-corrected chi connectivity index (χ0v) is 11.7. The average molecular weight is 270 g/mol. The topological polar surface area (TPSA) is 57.2 Å². The number of nitrogens with zero attached hydrogens (tertiary/aromatic N) is 1. The molecule has 104 valence electrons. The molecule has 1 aliphatic rings. The minimum atomic E-state index is -0.299. The molecule has 0 unspecified atom stereocenters. The van der Waals surface area contributed by atoms with Crippen molar-refractivity contribution in [2.75, 3.05) is 7.11 Å². The van der Waals surface area contributed by atoms with Crippen LogP contribution in [0.2, 0.25) is 0 Å². The molecule has 4 nitrogen and oxygen atoms in total. The van der Waals surface area contributed by atoms with Gasteiger partial charge >= 0.3 is 5.97 Å². The number of methoxy groups -OCH3 is 1. The predicted octanol–water partition coefficient (Wildman–Crippen LogP) is 2.19. The van der Waals surface area contributed by atoms with Crippen molar-refractivity contribution in [3.63, 3.8) is 0 Å². The lowest BCUT2D eigenvalue weighted by Crippen LogP contribution is -2.22. The van der Waals surface area contributed by atoms with E-state index in [1.54, 1.807) is 0 Å². The van der Waals surface area contributed by atoms with Gasteiger partial charge in [-0.2, -0.15) is 0 Å². The highest BCUT2D eigenvalue weighted by Gasteiger charge is 2.23. The summed E-state index contributed by atoms with van der Waals surface area (Å²) in [4.78, 5) is 11.7. The van der Waals surface area contributed by atoms with Crippen LogP contribution in [0.25, 0.3) is 11.3 Å². The fourth-order valence-corrected chi connectivity index (χ4v) is 2.85. The van der Waals surface area contributed by atoms with E-state index in [2.05, 4.69) is 16.8 Å². The lowest BCUT2D eigenvalue weighted by Gasteiger charge is -2.12. The second kappa shape index (κ2) is 4.80. The van der Waals surface area contributed by atoms with Gasteiger partial charge in [0.15, 0.2) is 0 Å². The van der Waals surface area contributed by atoms with E-state index in [0.717, 1.165) is 18.5 Å². The van der Waals surface area contributed by atoms with Crippen LogP contribution < -0.4 is 5.73 Å². The van der Waals surface area contributed by atoms with E-state index in [-0.39, 0.29) is 12.0 Å². The van der Waals surface area contributed by atoms with E-state index in [0.29, 0.717) is 5.56 Å². The normalized spacial score (nSPS) is 13.8. The molecule has 1 aliphatic carbocycles. The van der Waals surface area contributed by atoms with Crippen LogP contribution in [0.1, 0.15) is 28.4 Å². The van der Waals surface area contributed by atoms with Gasteiger partial charge in [0.05, 0.1) is 18.4 Å². The summed E-state index contributed by atoms with van der Waals surface area (Å²) in [6.07, 6.45) is 2.99. The third-order valence-electron chi connectivity index (χ3n) is 3.70. The number of aromatic nitrogens is 1. The minimum absolute atomic E-state index is 0.0966. The zero-order chi connectivity index (χ0) is 14.3. The SMILES string of the molecule is COC(=O)c1ccc2c(c1)-c1c(ccn1C[C@@H](C)N)C2. The van der Waals surface area contributed by atoms with Crippen LogP contribution in [0.3, 0.4) is 0 Å². The summed E-state index contributed by atoms with van der Waals surface area (Å²) < 4.78 is 6.97. The lowest BCUT2D eigenvalue weighted by atomic mass is 10.1. The Kier molecular flexibility index (Phi) is 3.10. The Labute approximate surface area is 118 Å². The highest BCUT2D eigenvalue weighted by atomic mass is 16.5. The van der Waals surface area contributed by atoms with E-state index in [1.807, 2.05) is 25.1 Å². The molecule has 0 fully saturated rings. The Hall–Kier alpha value is -2.07. The first kappa shape index (κ1) is 12.9. The third-order valence-corrected chi connectivity index (χ3v) is 3.70. The maximum Gasteiger partial charge on any atom is 0.337 e. The molecule has 1 heterocycles. The van der Waals surface area contributed by atoms with Crippen molar-refractivity contribution in [1.29, 1.82) is 0 Å². The molecule has 1 aromatic carbocycles. The molecule has 2 aromatic rings. The molecule has 0 radical (unpaired) electrons. The van der Waals surface area contributed by atoms with Gasteiger partial charge in [0.25, 0.3) is 0 Å². The van der Waals surface area contributed by atoms with Crippen LogP contribution in [0.15, 0.2) is 30.5 Å². The standard InChI is InChI=1S/C16H18N2O2/c1-10(17)9-18-6-5-12-7-11-3-4-13(16(19)20-2)8-14(11)15(12)18/h3-6,8,10H,7,9,17H2,1-2H3/t10-/m1/s1. The van der Waals surface area contributed by atoms with Crippen LogP contribution in [0.4, 0.5) is 0 Å². The third kappa shape index (κ3) is 2.02. The summed E-state index contributed by atoms with van der Waals surface area (Å²) in [5.41, 5.74) is 11.3. The number of nitrogens with two attached hydrogens (primary N) is 1. The number of benzene rings is 1. The fraction of sp³-hybridized carbons (Fsp3) is 0.312. The summed E-state index contributed by atoms with van der Waals surface area (Å²) in [5, 5.41) is 0. The van der Waals surface area contributed by atoms with Crippen molar-refractivity contribution in [2.24, 2.45) is 5.73 Å². The molecule has 3 rings (SSSR count). The highest BCUT2D eigenvalue weighted by molar-refractivity contribution is 5.92. The van der Waals surface area contributed by atoms with Crippen molar-refractivity contribution in [1.82, 2.24) is 4.57 Å². The van der Waals surface area contributed by atoms with Gasteiger partial charge in [0.1, 0.15) is 0 Å². The Morgan fingerprint density at radius 3 is 2.90 bits per heavy atom. The molecule has 1 atom stereocenters. The Bertz CT molecular complexity index is 671. The van der Waals surface area contributed by atoms with E-state index in [1.165, 1.54) is 23.9 Å². The largest absolute Gasteiger partial charge is 0.465 e. The second-order valence-corrected chi connectivity index (χ2v) is 5.36. The van der Waals surface area contributed by atoms with E-state index in [4.69, 9.17) is 10.5 Å². The molecule has 0 amide bonds. The first-order valence-corrected chi connectivity index (χ1v) is 6.75. The zero-order valence-electron chi connectivity index (χ0n) is 11.7. The number of carbonyl (C=O) groups excluding carboxylic acids is 1. The number of esters is 1. The number of carbonyl (C=O) groups is 1. The number of hydrogen-bond acceptors (Lipinski definition) is 3. The second-order valence-electron chi connectivity index (χ2n) is 5.36. The van der Waals surface area contributed by atoms with Crippen molar-refractivity contribution < 1.29 is 9.53 Å². The van der Waals surface area contributed by atoms with Crippen LogP contribution >= 0.6 is 0 Å². The smallest absolute Gasteiger partial charge is 0.337 e. The Morgan fingerprint density at radius 1 is 1.40 bits per heavy atom. The number of ether oxygens (including phenoxy) is 1. The summed E-state index contributed by atoms with van der Waals surface area (Å²) >= 11 is 0. The van der Waals surface area contributed by atoms with Gasteiger partial charge in [-0.05, 0) is 36.2 Å². The molecule has 0 bridgehead atoms. The molecule has 1 aromatic heterocycles. The number of hydrogen-bond donors (Lipinski definition) is 1. The molecule has 2 N–H and O–H groups in total. The maximum atomic E-state index is 11.7. The molecular formula is C16H18N2O2. The van der Waals surface area contributed by atoms with Gasteiger partial charge in [0, 0.05) is 30.8 Å². The van der Waals surface area contributed by atoms with Crippen molar-refractivity contribution >= 4 is 5.97 Å². The maximum absolute atomic E-state index is 11.7. The summed E-state index contributed by atoms with van der Waals surface area (Å²) in [6, 6.07) is 7.99. The van der Waals surface area contributed by atoms with E-state index in [9.17, 15) is 4.79 Å². The van der Waals surface area contributed by atoms with Crippen molar-refractivity contribution in [3.8, 4) is 11.3 Å². The molecule has 0 spiro atoms. The van der Waals surface area contributed by atoms with Gasteiger partial charge in [-0.1, -0.05) is 6.07 Å². The highest BCUT2D eigenvalue weighted by Crippen LogP contribution is 2.38.